The molecule has 1 fully saturated rings. The average molecular weight is 357 g/mol. The van der Waals surface area contributed by atoms with Crippen molar-refractivity contribution in [2.24, 2.45) is 18.7 Å². The number of hydrogen-bond donors (Lipinski definition) is 1. The lowest BCUT2D eigenvalue weighted by molar-refractivity contribution is 0.243. The first-order valence-electron chi connectivity index (χ1n) is 6.70. The summed E-state index contributed by atoms with van der Waals surface area (Å²) in [7, 11) is -1.97. The van der Waals surface area contributed by atoms with E-state index >= 15 is 0 Å². The van der Waals surface area contributed by atoms with Crippen LogP contribution in [-0.4, -0.2) is 41.6 Å². The number of aryl methyl sites for hydroxylation is 2. The summed E-state index contributed by atoms with van der Waals surface area (Å²) in [6.07, 6.45) is 1.78. The average Bonchev–Trinajstić information content (AvgIpc) is 2.63. The molecule has 2 heterocycles. The van der Waals surface area contributed by atoms with Crippen LogP contribution in [-0.2, 0) is 17.1 Å². The van der Waals surface area contributed by atoms with Crippen LogP contribution in [0.3, 0.4) is 0 Å². The van der Waals surface area contributed by atoms with Crippen LogP contribution in [0.4, 0.5) is 0 Å². The molecule has 0 bridgehead atoms. The maximum Gasteiger partial charge on any atom is 0.248 e. The van der Waals surface area contributed by atoms with Gasteiger partial charge in [0, 0.05) is 26.2 Å². The Balaban J connectivity index is 0.00000220. The molecule has 1 aromatic rings. The standard InChI is InChI=1S/C12H21ClN4O2S.ClH/c1-8(14)10-5-4-6-17(7-10)20(18,19)11-9(2)15-16(3)12(11)13;/h8,10H,4-7,14H2,1-3H3;1H. The summed E-state index contributed by atoms with van der Waals surface area (Å²) < 4.78 is 28.4. The molecule has 1 saturated heterocycles. The third-order valence-electron chi connectivity index (χ3n) is 3.86. The van der Waals surface area contributed by atoms with Crippen molar-refractivity contribution in [2.75, 3.05) is 13.1 Å². The molecule has 0 amide bonds. The van der Waals surface area contributed by atoms with Crippen LogP contribution in [0, 0.1) is 12.8 Å². The minimum Gasteiger partial charge on any atom is -0.328 e. The molecule has 0 aliphatic carbocycles. The number of halogens is 2. The van der Waals surface area contributed by atoms with Crippen LogP contribution in [0.15, 0.2) is 4.90 Å². The second-order valence-corrected chi connectivity index (χ2v) is 7.69. The van der Waals surface area contributed by atoms with Crippen molar-refractivity contribution in [3.63, 3.8) is 0 Å². The van der Waals surface area contributed by atoms with Crippen molar-refractivity contribution in [2.45, 2.75) is 37.6 Å². The summed E-state index contributed by atoms with van der Waals surface area (Å²) >= 11 is 6.09. The van der Waals surface area contributed by atoms with Gasteiger partial charge in [-0.3, -0.25) is 4.68 Å². The SMILES string of the molecule is Cc1nn(C)c(Cl)c1S(=O)(=O)N1CCCC(C(C)N)C1.Cl. The van der Waals surface area contributed by atoms with Crippen molar-refractivity contribution in [3.05, 3.63) is 10.8 Å². The minimum atomic E-state index is -3.61. The van der Waals surface area contributed by atoms with E-state index in [9.17, 15) is 8.42 Å². The molecule has 0 saturated carbocycles. The minimum absolute atomic E-state index is 0. The van der Waals surface area contributed by atoms with Crippen molar-refractivity contribution in [3.8, 4) is 0 Å². The van der Waals surface area contributed by atoms with Crippen LogP contribution < -0.4 is 5.73 Å². The highest BCUT2D eigenvalue weighted by atomic mass is 35.5. The smallest absolute Gasteiger partial charge is 0.248 e. The van der Waals surface area contributed by atoms with Gasteiger partial charge < -0.3 is 5.73 Å². The molecule has 1 aliphatic rings. The molecule has 21 heavy (non-hydrogen) atoms. The highest BCUT2D eigenvalue weighted by Crippen LogP contribution is 2.30. The maximum atomic E-state index is 12.8. The van der Waals surface area contributed by atoms with Gasteiger partial charge in [0.15, 0.2) is 0 Å². The molecule has 1 aromatic heterocycles. The van der Waals surface area contributed by atoms with E-state index in [0.717, 1.165) is 12.8 Å². The van der Waals surface area contributed by atoms with E-state index < -0.39 is 10.0 Å². The summed E-state index contributed by atoms with van der Waals surface area (Å²) in [4.78, 5) is 0.118. The molecule has 2 atom stereocenters. The van der Waals surface area contributed by atoms with Crippen molar-refractivity contribution in [1.29, 1.82) is 0 Å². The summed E-state index contributed by atoms with van der Waals surface area (Å²) in [6.45, 7) is 4.54. The third kappa shape index (κ3) is 3.53. The number of rotatable bonds is 3. The van der Waals surface area contributed by atoms with Crippen molar-refractivity contribution < 1.29 is 8.42 Å². The molecule has 2 N–H and O–H groups in total. The van der Waals surface area contributed by atoms with Crippen molar-refractivity contribution >= 4 is 34.0 Å². The quantitative estimate of drug-likeness (QED) is 0.890. The van der Waals surface area contributed by atoms with Crippen LogP contribution in [0.25, 0.3) is 0 Å². The molecule has 0 aromatic carbocycles. The lowest BCUT2D eigenvalue weighted by atomic mass is 9.93. The zero-order chi connectivity index (χ0) is 15.1. The monoisotopic (exact) mass is 356 g/mol. The van der Waals surface area contributed by atoms with Gasteiger partial charge in [0.2, 0.25) is 10.0 Å². The molecule has 2 rings (SSSR count). The van der Waals surface area contributed by atoms with Gasteiger partial charge in [-0.15, -0.1) is 12.4 Å². The van der Waals surface area contributed by atoms with Crippen LogP contribution in [0.2, 0.25) is 5.15 Å². The van der Waals surface area contributed by atoms with E-state index in [1.54, 1.807) is 14.0 Å². The Hall–Kier alpha value is -0.340. The predicted molar refractivity (Wildman–Crippen MR) is 85.3 cm³/mol. The number of aromatic nitrogens is 2. The molecule has 2 unspecified atom stereocenters. The van der Waals surface area contributed by atoms with Crippen LogP contribution in [0.1, 0.15) is 25.5 Å². The van der Waals surface area contributed by atoms with E-state index in [0.29, 0.717) is 18.8 Å². The fourth-order valence-corrected chi connectivity index (χ4v) is 4.90. The van der Waals surface area contributed by atoms with Gasteiger partial charge in [-0.05, 0) is 32.6 Å². The first kappa shape index (κ1) is 18.7. The molecule has 122 valence electrons. The first-order chi connectivity index (χ1) is 9.25. The fraction of sp³-hybridized carbons (Fsp3) is 0.750. The fourth-order valence-electron chi connectivity index (χ4n) is 2.65. The Bertz CT molecular complexity index is 601. The van der Waals surface area contributed by atoms with E-state index in [2.05, 4.69) is 5.10 Å². The molecule has 0 spiro atoms. The van der Waals surface area contributed by atoms with Gasteiger partial charge in [-0.1, -0.05) is 11.6 Å². The molecule has 6 nitrogen and oxygen atoms in total. The predicted octanol–water partition coefficient (Wildman–Crippen LogP) is 1.55. The highest BCUT2D eigenvalue weighted by molar-refractivity contribution is 7.89. The van der Waals surface area contributed by atoms with Gasteiger partial charge in [0.25, 0.3) is 0 Å². The van der Waals surface area contributed by atoms with Gasteiger partial charge in [0.1, 0.15) is 10.0 Å². The molecule has 0 radical (unpaired) electrons. The Labute approximate surface area is 137 Å². The Morgan fingerprint density at radius 1 is 1.48 bits per heavy atom. The van der Waals surface area contributed by atoms with Crippen LogP contribution in [0.5, 0.6) is 0 Å². The molecule has 1 aliphatic heterocycles. The van der Waals surface area contributed by atoms with E-state index in [-0.39, 0.29) is 34.4 Å². The largest absolute Gasteiger partial charge is 0.328 e. The summed E-state index contributed by atoms with van der Waals surface area (Å²) in [5.41, 5.74) is 6.34. The number of nitrogens with two attached hydrogens (primary N) is 1. The third-order valence-corrected chi connectivity index (χ3v) is 6.42. The van der Waals surface area contributed by atoms with E-state index in [1.165, 1.54) is 8.99 Å². The topological polar surface area (TPSA) is 81.2 Å². The van der Waals surface area contributed by atoms with Gasteiger partial charge in [-0.2, -0.15) is 9.40 Å². The first-order valence-corrected chi connectivity index (χ1v) is 8.51. The second-order valence-electron chi connectivity index (χ2n) is 5.45. The number of piperidine rings is 1. The van der Waals surface area contributed by atoms with E-state index in [1.807, 2.05) is 6.92 Å². The summed E-state index contributed by atoms with van der Waals surface area (Å²) in [5.74, 6) is 0.189. The number of nitrogens with zero attached hydrogens (tertiary/aromatic N) is 3. The van der Waals surface area contributed by atoms with Gasteiger partial charge in [-0.25, -0.2) is 8.42 Å². The maximum absolute atomic E-state index is 12.8. The Morgan fingerprint density at radius 3 is 2.57 bits per heavy atom. The van der Waals surface area contributed by atoms with E-state index in [4.69, 9.17) is 17.3 Å². The Kier molecular flexibility index (Phi) is 6.08. The number of hydrogen-bond acceptors (Lipinski definition) is 4. The Morgan fingerprint density at radius 2 is 2.10 bits per heavy atom. The van der Waals surface area contributed by atoms with Gasteiger partial charge >= 0.3 is 0 Å². The summed E-state index contributed by atoms with van der Waals surface area (Å²) in [6, 6.07) is -0.0153. The zero-order valence-corrected chi connectivity index (χ0v) is 14.8. The lowest BCUT2D eigenvalue weighted by Crippen LogP contribution is -2.45. The lowest BCUT2D eigenvalue weighted by Gasteiger charge is -2.33. The highest BCUT2D eigenvalue weighted by Gasteiger charge is 2.35. The molecular formula is C12H22Cl2N4O2S. The molecule has 9 heteroatoms. The summed E-state index contributed by atoms with van der Waals surface area (Å²) in [5, 5.41) is 4.24. The second kappa shape index (κ2) is 6.83. The number of sulfonamides is 1. The normalized spacial score (nSPS) is 21.9. The van der Waals surface area contributed by atoms with Crippen molar-refractivity contribution in [1.82, 2.24) is 14.1 Å². The van der Waals surface area contributed by atoms with Gasteiger partial charge in [0.05, 0.1) is 5.69 Å². The molecular weight excluding hydrogens is 335 g/mol. The van der Waals surface area contributed by atoms with Crippen LogP contribution >= 0.6 is 24.0 Å². The zero-order valence-electron chi connectivity index (χ0n) is 12.4.